The molecule has 0 spiro atoms. The third kappa shape index (κ3) is 1.50. The molecule has 0 atom stereocenters. The van der Waals surface area contributed by atoms with Gasteiger partial charge in [0, 0.05) is 13.6 Å². The first kappa shape index (κ1) is 10.3. The summed E-state index contributed by atoms with van der Waals surface area (Å²) >= 11 is 0. The Morgan fingerprint density at radius 3 is 2.94 bits per heavy atom. The number of nitrogens with zero attached hydrogens (tertiary/aromatic N) is 4. The van der Waals surface area contributed by atoms with Crippen LogP contribution in [0.2, 0.25) is 0 Å². The molecule has 18 heavy (non-hydrogen) atoms. The van der Waals surface area contributed by atoms with Crippen LogP contribution in [-0.2, 0) is 7.05 Å². The Balaban J connectivity index is 1.59. The first-order valence-corrected chi connectivity index (χ1v) is 6.65. The highest BCUT2D eigenvalue weighted by Gasteiger charge is 2.53. The van der Waals surface area contributed by atoms with Crippen molar-refractivity contribution >= 4 is 16.9 Å². The van der Waals surface area contributed by atoms with E-state index in [0.717, 1.165) is 29.3 Å². The fourth-order valence-corrected chi connectivity index (χ4v) is 2.95. The van der Waals surface area contributed by atoms with Gasteiger partial charge in [-0.1, -0.05) is 0 Å². The summed E-state index contributed by atoms with van der Waals surface area (Å²) < 4.78 is 1.79. The van der Waals surface area contributed by atoms with E-state index in [9.17, 15) is 0 Å². The van der Waals surface area contributed by atoms with Crippen LogP contribution in [0, 0.1) is 11.3 Å². The number of anilines is 1. The molecule has 0 saturated heterocycles. The fourth-order valence-electron chi connectivity index (χ4n) is 2.95. The Hall–Kier alpha value is -1.65. The summed E-state index contributed by atoms with van der Waals surface area (Å²) in [5.41, 5.74) is 1.48. The van der Waals surface area contributed by atoms with E-state index in [1.165, 1.54) is 25.7 Å². The number of hydrogen-bond acceptors (Lipinski definition) is 4. The molecule has 2 aromatic heterocycles. The SMILES string of the molecule is Cn1ncc2c(NCC3(C4CC4)CC3)ncnc21. The molecule has 0 aromatic carbocycles. The largest absolute Gasteiger partial charge is 0.369 e. The zero-order valence-corrected chi connectivity index (χ0v) is 10.6. The van der Waals surface area contributed by atoms with Gasteiger partial charge in [0.15, 0.2) is 5.65 Å². The smallest absolute Gasteiger partial charge is 0.163 e. The van der Waals surface area contributed by atoms with E-state index in [1.54, 1.807) is 11.0 Å². The van der Waals surface area contributed by atoms with Gasteiger partial charge in [-0.15, -0.1) is 0 Å². The summed E-state index contributed by atoms with van der Waals surface area (Å²) in [6, 6.07) is 0. The Labute approximate surface area is 106 Å². The zero-order valence-electron chi connectivity index (χ0n) is 10.6. The molecule has 2 fully saturated rings. The molecule has 4 rings (SSSR count). The number of nitrogens with one attached hydrogen (secondary N) is 1. The van der Waals surface area contributed by atoms with Crippen LogP contribution < -0.4 is 5.32 Å². The minimum atomic E-state index is 0.583. The van der Waals surface area contributed by atoms with Crippen LogP contribution in [0.1, 0.15) is 25.7 Å². The van der Waals surface area contributed by atoms with E-state index >= 15 is 0 Å². The standard InChI is InChI=1S/C13H17N5/c1-18-12-10(6-17-18)11(15-8-16-12)14-7-13(4-5-13)9-2-3-9/h6,8-9H,2-5,7H2,1H3,(H,14,15,16). The Kier molecular flexibility index (Phi) is 1.96. The number of aromatic nitrogens is 4. The van der Waals surface area contributed by atoms with Crippen LogP contribution in [0.15, 0.2) is 12.5 Å². The lowest BCUT2D eigenvalue weighted by Gasteiger charge is -2.15. The highest BCUT2D eigenvalue weighted by molar-refractivity contribution is 5.85. The third-order valence-electron chi connectivity index (χ3n) is 4.47. The minimum Gasteiger partial charge on any atom is -0.369 e. The molecule has 2 aliphatic rings. The summed E-state index contributed by atoms with van der Waals surface area (Å²) in [6.07, 6.45) is 9.07. The van der Waals surface area contributed by atoms with Crippen molar-refractivity contribution in [3.05, 3.63) is 12.5 Å². The molecule has 1 N–H and O–H groups in total. The molecule has 2 aromatic rings. The van der Waals surface area contributed by atoms with Crippen molar-refractivity contribution in [1.82, 2.24) is 19.7 Å². The van der Waals surface area contributed by atoms with E-state index in [4.69, 9.17) is 0 Å². The molecule has 0 unspecified atom stereocenters. The van der Waals surface area contributed by atoms with Crippen molar-refractivity contribution in [3.63, 3.8) is 0 Å². The monoisotopic (exact) mass is 243 g/mol. The first-order chi connectivity index (χ1) is 8.78. The van der Waals surface area contributed by atoms with Gasteiger partial charge in [0.05, 0.1) is 11.6 Å². The lowest BCUT2D eigenvalue weighted by Crippen LogP contribution is -2.18. The van der Waals surface area contributed by atoms with Gasteiger partial charge < -0.3 is 5.32 Å². The van der Waals surface area contributed by atoms with Crippen LogP contribution >= 0.6 is 0 Å². The molecule has 0 amide bonds. The molecule has 2 heterocycles. The highest BCUT2D eigenvalue weighted by Crippen LogP contribution is 2.61. The predicted octanol–water partition coefficient (Wildman–Crippen LogP) is 1.97. The summed E-state index contributed by atoms with van der Waals surface area (Å²) in [4.78, 5) is 8.61. The van der Waals surface area contributed by atoms with Crippen LogP contribution in [0.5, 0.6) is 0 Å². The molecule has 5 nitrogen and oxygen atoms in total. The van der Waals surface area contributed by atoms with Gasteiger partial charge in [-0.25, -0.2) is 9.97 Å². The molecule has 94 valence electrons. The van der Waals surface area contributed by atoms with Gasteiger partial charge in [-0.3, -0.25) is 4.68 Å². The van der Waals surface area contributed by atoms with E-state index in [1.807, 2.05) is 13.2 Å². The van der Waals surface area contributed by atoms with Crippen molar-refractivity contribution in [3.8, 4) is 0 Å². The molecular formula is C13H17N5. The second-order valence-electron chi connectivity index (χ2n) is 5.72. The van der Waals surface area contributed by atoms with Gasteiger partial charge >= 0.3 is 0 Å². The number of rotatable bonds is 4. The molecule has 2 aliphatic carbocycles. The fraction of sp³-hybridized carbons (Fsp3) is 0.615. The van der Waals surface area contributed by atoms with Crippen LogP contribution in [0.4, 0.5) is 5.82 Å². The first-order valence-electron chi connectivity index (χ1n) is 6.65. The second kappa shape index (κ2) is 3.43. The summed E-state index contributed by atoms with van der Waals surface area (Å²) in [5.74, 6) is 1.90. The Morgan fingerprint density at radius 1 is 1.39 bits per heavy atom. The molecule has 2 saturated carbocycles. The quantitative estimate of drug-likeness (QED) is 0.892. The summed E-state index contributed by atoms with van der Waals surface area (Å²) in [5, 5.41) is 8.78. The average Bonchev–Trinajstić information content (AvgIpc) is 3.26. The summed E-state index contributed by atoms with van der Waals surface area (Å²) in [7, 11) is 1.91. The zero-order chi connectivity index (χ0) is 12.2. The maximum atomic E-state index is 4.36. The molecular weight excluding hydrogens is 226 g/mol. The average molecular weight is 243 g/mol. The lowest BCUT2D eigenvalue weighted by molar-refractivity contribution is 0.466. The molecule has 0 aliphatic heterocycles. The summed E-state index contributed by atoms with van der Waals surface area (Å²) in [6.45, 7) is 1.05. The van der Waals surface area contributed by atoms with Crippen molar-refractivity contribution in [2.24, 2.45) is 18.4 Å². The van der Waals surface area contributed by atoms with Crippen molar-refractivity contribution in [1.29, 1.82) is 0 Å². The molecule has 0 radical (unpaired) electrons. The van der Waals surface area contributed by atoms with Crippen LogP contribution in [0.25, 0.3) is 11.0 Å². The van der Waals surface area contributed by atoms with Crippen LogP contribution in [-0.4, -0.2) is 26.3 Å². The van der Waals surface area contributed by atoms with E-state index in [2.05, 4.69) is 20.4 Å². The number of aryl methyl sites for hydroxylation is 1. The maximum Gasteiger partial charge on any atom is 0.163 e. The van der Waals surface area contributed by atoms with E-state index in [0.29, 0.717) is 5.41 Å². The predicted molar refractivity (Wildman–Crippen MR) is 69.2 cm³/mol. The Morgan fingerprint density at radius 2 is 2.22 bits per heavy atom. The number of fused-ring (bicyclic) bond motifs is 1. The Bertz CT molecular complexity index is 594. The maximum absolute atomic E-state index is 4.36. The molecule has 0 bridgehead atoms. The lowest BCUT2D eigenvalue weighted by atomic mass is 10.0. The van der Waals surface area contributed by atoms with Gasteiger partial charge in [0.25, 0.3) is 0 Å². The van der Waals surface area contributed by atoms with Crippen molar-refractivity contribution in [2.45, 2.75) is 25.7 Å². The van der Waals surface area contributed by atoms with Gasteiger partial charge in [0.1, 0.15) is 12.1 Å². The van der Waals surface area contributed by atoms with Crippen molar-refractivity contribution < 1.29 is 0 Å². The van der Waals surface area contributed by atoms with Crippen molar-refractivity contribution in [2.75, 3.05) is 11.9 Å². The van der Waals surface area contributed by atoms with Gasteiger partial charge in [-0.2, -0.15) is 5.10 Å². The topological polar surface area (TPSA) is 55.6 Å². The van der Waals surface area contributed by atoms with E-state index < -0.39 is 0 Å². The third-order valence-corrected chi connectivity index (χ3v) is 4.47. The van der Waals surface area contributed by atoms with E-state index in [-0.39, 0.29) is 0 Å². The minimum absolute atomic E-state index is 0.583. The van der Waals surface area contributed by atoms with Crippen LogP contribution in [0.3, 0.4) is 0 Å². The number of hydrogen-bond donors (Lipinski definition) is 1. The normalized spacial score (nSPS) is 21.2. The van der Waals surface area contributed by atoms with Gasteiger partial charge in [0.2, 0.25) is 0 Å². The van der Waals surface area contributed by atoms with Gasteiger partial charge in [-0.05, 0) is 37.0 Å². The highest BCUT2D eigenvalue weighted by atomic mass is 15.3. The second-order valence-corrected chi connectivity index (χ2v) is 5.72. The molecule has 5 heteroatoms.